The third-order valence-corrected chi connectivity index (χ3v) is 7.32. The van der Waals surface area contributed by atoms with Gasteiger partial charge in [0.05, 0.1) is 44.4 Å². The minimum atomic E-state index is 0.129. The number of aromatic nitrogens is 4. The lowest BCUT2D eigenvalue weighted by molar-refractivity contribution is 0.0276. The quantitative estimate of drug-likeness (QED) is 0.207. The SMILES string of the molecule is CCOc1cnc(Nc2ccc([C@@H]3CNCCO3)cc2)nc1.CCc1cnc(Nc2ccc([C@@H]3CNCCO3)cc2C)nc1. The van der Waals surface area contributed by atoms with Crippen LogP contribution in [0.5, 0.6) is 5.75 Å². The van der Waals surface area contributed by atoms with Gasteiger partial charge >= 0.3 is 0 Å². The molecule has 4 aromatic rings. The molecule has 11 nitrogen and oxygen atoms in total. The van der Waals surface area contributed by atoms with Crippen molar-refractivity contribution in [1.82, 2.24) is 30.6 Å². The van der Waals surface area contributed by atoms with E-state index in [1.54, 1.807) is 12.4 Å². The molecule has 2 aliphatic heterocycles. The molecule has 0 unspecified atom stereocenters. The summed E-state index contributed by atoms with van der Waals surface area (Å²) in [7, 11) is 0. The molecule has 2 aromatic carbocycles. The van der Waals surface area contributed by atoms with E-state index in [-0.39, 0.29) is 12.2 Å². The number of anilines is 4. The van der Waals surface area contributed by atoms with Crippen molar-refractivity contribution in [2.24, 2.45) is 0 Å². The minimum absolute atomic E-state index is 0.129. The Kier molecular flexibility index (Phi) is 11.4. The maximum absolute atomic E-state index is 5.80. The molecule has 2 aromatic heterocycles. The van der Waals surface area contributed by atoms with E-state index in [4.69, 9.17) is 14.2 Å². The standard InChI is InChI=1S/C17H22N4O.C16H20N4O2/c1-3-13-9-19-17(20-10-13)21-15-5-4-14(8-12(15)2)16-11-18-6-7-22-16;1-2-21-14-9-18-16(19-10-14)20-13-5-3-12(4-6-13)15-11-17-7-8-22-15/h4-5,8-10,16,18H,3,6-7,11H2,1-2H3,(H,19,20,21);3-6,9-10,15,17H,2,7-8,11H2,1H3,(H,18,19,20)/t16-;15-/m00/s1. The van der Waals surface area contributed by atoms with E-state index in [1.807, 2.05) is 31.5 Å². The average Bonchev–Trinajstić information content (AvgIpc) is 3.08. The van der Waals surface area contributed by atoms with Gasteiger partial charge in [-0.3, -0.25) is 0 Å². The summed E-state index contributed by atoms with van der Waals surface area (Å²) >= 11 is 0. The van der Waals surface area contributed by atoms with Crippen LogP contribution in [0.4, 0.5) is 23.3 Å². The number of morpholine rings is 2. The molecule has 6 rings (SSSR count). The fourth-order valence-corrected chi connectivity index (χ4v) is 4.84. The molecule has 2 atom stereocenters. The molecule has 2 saturated heterocycles. The summed E-state index contributed by atoms with van der Waals surface area (Å²) in [4.78, 5) is 17.1. The van der Waals surface area contributed by atoms with E-state index in [1.165, 1.54) is 11.1 Å². The molecule has 0 radical (unpaired) electrons. The summed E-state index contributed by atoms with van der Waals surface area (Å²) in [6, 6.07) is 14.5. The molecule has 4 heterocycles. The van der Waals surface area contributed by atoms with E-state index < -0.39 is 0 Å². The van der Waals surface area contributed by atoms with E-state index in [2.05, 4.69) is 85.4 Å². The van der Waals surface area contributed by atoms with Gasteiger partial charge in [-0.2, -0.15) is 0 Å². The number of rotatable bonds is 9. The summed E-state index contributed by atoms with van der Waals surface area (Å²) < 4.78 is 16.9. The van der Waals surface area contributed by atoms with Crippen LogP contribution in [-0.4, -0.2) is 65.9 Å². The molecule has 2 aliphatic rings. The number of benzene rings is 2. The van der Waals surface area contributed by atoms with Crippen LogP contribution in [0, 0.1) is 6.92 Å². The highest BCUT2D eigenvalue weighted by Gasteiger charge is 2.17. The first-order chi connectivity index (χ1) is 21.6. The van der Waals surface area contributed by atoms with Gasteiger partial charge in [-0.1, -0.05) is 31.2 Å². The second kappa shape index (κ2) is 16.1. The average molecular weight is 599 g/mol. The fraction of sp³-hybridized carbons (Fsp3) is 0.394. The summed E-state index contributed by atoms with van der Waals surface area (Å²) in [6.45, 7) is 11.8. The largest absolute Gasteiger partial charge is 0.491 e. The van der Waals surface area contributed by atoms with Crippen molar-refractivity contribution < 1.29 is 14.2 Å². The molecular weight excluding hydrogens is 556 g/mol. The van der Waals surface area contributed by atoms with Crippen molar-refractivity contribution in [2.45, 2.75) is 39.4 Å². The normalized spacial score (nSPS) is 18.1. The van der Waals surface area contributed by atoms with Crippen molar-refractivity contribution in [3.8, 4) is 5.75 Å². The monoisotopic (exact) mass is 598 g/mol. The van der Waals surface area contributed by atoms with E-state index in [9.17, 15) is 0 Å². The highest BCUT2D eigenvalue weighted by molar-refractivity contribution is 5.59. The topological polar surface area (TPSA) is 127 Å². The number of ether oxygens (including phenoxy) is 3. The van der Waals surface area contributed by atoms with Crippen molar-refractivity contribution in [3.05, 3.63) is 89.5 Å². The van der Waals surface area contributed by atoms with Gasteiger partial charge in [0.2, 0.25) is 11.9 Å². The predicted molar refractivity (Wildman–Crippen MR) is 172 cm³/mol. The first-order valence-corrected chi connectivity index (χ1v) is 15.3. The molecule has 0 spiro atoms. The predicted octanol–water partition coefficient (Wildman–Crippen LogP) is 5.03. The van der Waals surface area contributed by atoms with Crippen molar-refractivity contribution in [2.75, 3.05) is 56.6 Å². The Morgan fingerprint density at radius 2 is 1.36 bits per heavy atom. The Bertz CT molecular complexity index is 1420. The lowest BCUT2D eigenvalue weighted by Crippen LogP contribution is -2.33. The highest BCUT2D eigenvalue weighted by atomic mass is 16.5. The second-order valence-corrected chi connectivity index (χ2v) is 10.5. The summed E-state index contributed by atoms with van der Waals surface area (Å²) in [5.41, 5.74) is 6.64. The van der Waals surface area contributed by atoms with Gasteiger partial charge < -0.3 is 35.5 Å². The molecule has 2 fully saturated rings. The fourth-order valence-electron chi connectivity index (χ4n) is 4.84. The van der Waals surface area contributed by atoms with Crippen LogP contribution in [0.15, 0.2) is 67.3 Å². The maximum atomic E-state index is 5.80. The molecule has 0 bridgehead atoms. The third-order valence-electron chi connectivity index (χ3n) is 7.32. The zero-order valence-electron chi connectivity index (χ0n) is 25.7. The number of aryl methyl sites for hydroxylation is 2. The first kappa shape index (κ1) is 31.3. The van der Waals surface area contributed by atoms with Crippen LogP contribution >= 0.6 is 0 Å². The molecule has 11 heteroatoms. The van der Waals surface area contributed by atoms with Gasteiger partial charge in [0.1, 0.15) is 0 Å². The summed E-state index contributed by atoms with van der Waals surface area (Å²) in [5.74, 6) is 1.85. The van der Waals surface area contributed by atoms with Crippen LogP contribution in [0.3, 0.4) is 0 Å². The summed E-state index contributed by atoms with van der Waals surface area (Å²) in [6.07, 6.45) is 8.26. The molecule has 44 heavy (non-hydrogen) atoms. The zero-order valence-corrected chi connectivity index (χ0v) is 25.7. The van der Waals surface area contributed by atoms with Gasteiger partial charge in [0.25, 0.3) is 0 Å². The van der Waals surface area contributed by atoms with Crippen LogP contribution in [0.25, 0.3) is 0 Å². The molecular formula is C33H42N8O3. The van der Waals surface area contributed by atoms with Crippen LogP contribution in [0.1, 0.15) is 48.3 Å². The lowest BCUT2D eigenvalue weighted by Gasteiger charge is -2.24. The van der Waals surface area contributed by atoms with Gasteiger partial charge in [0, 0.05) is 49.9 Å². The number of hydrogen-bond acceptors (Lipinski definition) is 11. The van der Waals surface area contributed by atoms with Crippen LogP contribution in [0.2, 0.25) is 0 Å². The Hall–Kier alpha value is -4.16. The van der Waals surface area contributed by atoms with E-state index in [0.29, 0.717) is 24.3 Å². The molecule has 4 N–H and O–H groups in total. The van der Waals surface area contributed by atoms with Crippen LogP contribution < -0.4 is 26.0 Å². The van der Waals surface area contributed by atoms with E-state index in [0.717, 1.165) is 68.3 Å². The molecule has 0 saturated carbocycles. The van der Waals surface area contributed by atoms with E-state index >= 15 is 0 Å². The Morgan fingerprint density at radius 3 is 1.93 bits per heavy atom. The number of nitrogens with zero attached hydrogens (tertiary/aromatic N) is 4. The smallest absolute Gasteiger partial charge is 0.227 e. The molecule has 0 amide bonds. The van der Waals surface area contributed by atoms with Crippen molar-refractivity contribution in [3.63, 3.8) is 0 Å². The van der Waals surface area contributed by atoms with Gasteiger partial charge in [-0.15, -0.1) is 0 Å². The van der Waals surface area contributed by atoms with Crippen LogP contribution in [-0.2, 0) is 15.9 Å². The Balaban J connectivity index is 0.000000175. The van der Waals surface area contributed by atoms with Crippen molar-refractivity contribution in [1.29, 1.82) is 0 Å². The third kappa shape index (κ3) is 8.93. The highest BCUT2D eigenvalue weighted by Crippen LogP contribution is 2.26. The van der Waals surface area contributed by atoms with Crippen molar-refractivity contribution >= 4 is 23.3 Å². The number of nitrogens with one attached hydrogen (secondary N) is 4. The Labute approximate surface area is 259 Å². The number of hydrogen-bond donors (Lipinski definition) is 4. The second-order valence-electron chi connectivity index (χ2n) is 10.5. The van der Waals surface area contributed by atoms with Gasteiger partial charge in [-0.05, 0) is 60.7 Å². The lowest BCUT2D eigenvalue weighted by atomic mass is 10.0. The maximum Gasteiger partial charge on any atom is 0.227 e. The molecule has 0 aliphatic carbocycles. The summed E-state index contributed by atoms with van der Waals surface area (Å²) in [5, 5.41) is 13.1. The van der Waals surface area contributed by atoms with Gasteiger partial charge in [-0.25, -0.2) is 19.9 Å². The van der Waals surface area contributed by atoms with Gasteiger partial charge in [0.15, 0.2) is 5.75 Å². The minimum Gasteiger partial charge on any atom is -0.491 e. The zero-order chi connectivity index (χ0) is 30.6. The Morgan fingerprint density at radius 1 is 0.773 bits per heavy atom. The molecule has 232 valence electrons. The first-order valence-electron chi connectivity index (χ1n) is 15.3.